The second-order valence-electron chi connectivity index (χ2n) is 19.4. The largest absolute Gasteiger partial charge is 0.497 e. The third-order valence-electron chi connectivity index (χ3n) is 12.7. The predicted molar refractivity (Wildman–Crippen MR) is 393 cm³/mol. The fourth-order valence-corrected chi connectivity index (χ4v) is 8.09. The molecule has 95 heavy (non-hydrogen) atoms. The van der Waals surface area contributed by atoms with Gasteiger partial charge in [-0.25, -0.2) is 13.2 Å². The minimum absolute atomic E-state index is 0.211. The predicted octanol–water partition coefficient (Wildman–Crippen LogP) is 15.5. The van der Waals surface area contributed by atoms with Crippen molar-refractivity contribution in [1.82, 2.24) is 0 Å². The molecule has 20 N–H and O–H groups in total. The number of rotatable bonds is 13. The summed E-state index contributed by atoms with van der Waals surface area (Å²) in [6.45, 7) is 7.04. The molecular weight excluding hydrogens is 1310 g/mol. The van der Waals surface area contributed by atoms with Crippen LogP contribution < -0.4 is 71.5 Å². The van der Waals surface area contributed by atoms with Gasteiger partial charge in [0.1, 0.15) is 34.7 Å². The third kappa shape index (κ3) is 37.9. The quantitative estimate of drug-likeness (QED) is 0.0514. The van der Waals surface area contributed by atoms with Crippen LogP contribution in [0.3, 0.4) is 0 Å². The van der Waals surface area contributed by atoms with Gasteiger partial charge in [0.15, 0.2) is 0 Å². The Balaban J connectivity index is 0.000000528. The Morgan fingerprint density at radius 1 is 0.284 bits per heavy atom. The topological polar surface area (TPSA) is 288 Å². The Morgan fingerprint density at radius 3 is 1.07 bits per heavy atom. The molecular formula is C74H90Cl5F3N10O3. The van der Waals surface area contributed by atoms with Crippen LogP contribution in [0, 0.1) is 24.4 Å². The molecule has 0 saturated heterocycles. The van der Waals surface area contributed by atoms with Crippen LogP contribution in [0.25, 0.3) is 0 Å². The normalized spacial score (nSPS) is 9.58. The molecule has 0 atom stereocenters. The molecule has 10 rings (SSSR count). The van der Waals surface area contributed by atoms with E-state index in [1.807, 2.05) is 133 Å². The maximum Gasteiger partial charge on any atom is 0.129 e. The Hall–Kier alpha value is -7.56. The van der Waals surface area contributed by atoms with Crippen molar-refractivity contribution in [1.29, 1.82) is 0 Å². The minimum Gasteiger partial charge on any atom is -0.497 e. The molecule has 0 aliphatic carbocycles. The lowest BCUT2D eigenvalue weighted by Crippen LogP contribution is -1.99. The average molecular weight is 1400 g/mol. The highest BCUT2D eigenvalue weighted by atomic mass is 35.5. The van der Waals surface area contributed by atoms with E-state index in [2.05, 4.69) is 31.2 Å². The van der Waals surface area contributed by atoms with E-state index in [1.165, 1.54) is 47.0 Å². The van der Waals surface area contributed by atoms with Crippen LogP contribution in [0.5, 0.6) is 17.2 Å². The number of methoxy groups -OCH3 is 3. The van der Waals surface area contributed by atoms with Crippen LogP contribution in [0.15, 0.2) is 231 Å². The lowest BCUT2D eigenvalue weighted by molar-refractivity contribution is 0.410. The van der Waals surface area contributed by atoms with Gasteiger partial charge in [-0.3, -0.25) is 0 Å². The summed E-state index contributed by atoms with van der Waals surface area (Å²) in [5.41, 5.74) is 64.7. The van der Waals surface area contributed by atoms with Crippen LogP contribution in [0.4, 0.5) is 13.2 Å². The van der Waals surface area contributed by atoms with Crippen molar-refractivity contribution in [2.45, 2.75) is 72.4 Å². The second kappa shape index (κ2) is 52.7. The highest BCUT2D eigenvalue weighted by Gasteiger charge is 2.02. The Bertz CT molecular complexity index is 3390. The lowest BCUT2D eigenvalue weighted by Gasteiger charge is -2.05. The number of aryl methyl sites for hydroxylation is 1. The average Bonchev–Trinajstić information content (AvgIpc) is 3.11. The first kappa shape index (κ1) is 85.5. The Morgan fingerprint density at radius 2 is 0.653 bits per heavy atom. The van der Waals surface area contributed by atoms with Crippen molar-refractivity contribution in [2.24, 2.45) is 57.3 Å². The fourth-order valence-electron chi connectivity index (χ4n) is 7.16. The maximum atomic E-state index is 12.7. The molecule has 0 spiro atoms. The van der Waals surface area contributed by atoms with E-state index in [9.17, 15) is 13.2 Å². The van der Waals surface area contributed by atoms with Crippen LogP contribution in [0.1, 0.15) is 61.2 Å². The molecule has 0 aliphatic heterocycles. The number of nitrogens with two attached hydrogens (primary N) is 10. The van der Waals surface area contributed by atoms with Crippen molar-refractivity contribution < 1.29 is 27.4 Å². The number of hydrogen-bond donors (Lipinski definition) is 10. The summed E-state index contributed by atoms with van der Waals surface area (Å²) in [6.07, 6.45) is 0. The lowest BCUT2D eigenvalue weighted by atomic mass is 10.2. The van der Waals surface area contributed by atoms with Crippen molar-refractivity contribution in [3.63, 3.8) is 0 Å². The smallest absolute Gasteiger partial charge is 0.129 e. The van der Waals surface area contributed by atoms with Crippen molar-refractivity contribution >= 4 is 58.0 Å². The molecule has 0 saturated carbocycles. The number of para-hydroxylation sites is 1. The van der Waals surface area contributed by atoms with Crippen molar-refractivity contribution in [3.8, 4) is 17.2 Å². The number of hydrogen-bond acceptors (Lipinski definition) is 13. The molecule has 510 valence electrons. The molecule has 10 aromatic rings. The highest BCUT2D eigenvalue weighted by molar-refractivity contribution is 6.32. The summed E-state index contributed by atoms with van der Waals surface area (Å²) in [7, 11) is 4.91. The zero-order valence-corrected chi connectivity index (χ0v) is 57.8. The van der Waals surface area contributed by atoms with Crippen LogP contribution in [0.2, 0.25) is 25.1 Å². The van der Waals surface area contributed by atoms with Gasteiger partial charge in [0.2, 0.25) is 0 Å². The van der Waals surface area contributed by atoms with Gasteiger partial charge < -0.3 is 71.5 Å². The van der Waals surface area contributed by atoms with E-state index in [-0.39, 0.29) is 24.0 Å². The molecule has 0 bridgehead atoms. The summed E-state index contributed by atoms with van der Waals surface area (Å²) in [6, 6.07) is 69.0. The van der Waals surface area contributed by atoms with E-state index in [4.69, 9.17) is 130 Å². The first-order chi connectivity index (χ1) is 45.7. The summed E-state index contributed by atoms with van der Waals surface area (Å²) in [5.74, 6) is 1.64. The molecule has 0 amide bonds. The van der Waals surface area contributed by atoms with Crippen molar-refractivity contribution in [2.75, 3.05) is 21.3 Å². The molecule has 0 heterocycles. The number of halogens is 8. The van der Waals surface area contributed by atoms with Gasteiger partial charge in [-0.2, -0.15) is 0 Å². The Kier molecular flexibility index (Phi) is 47.4. The van der Waals surface area contributed by atoms with E-state index >= 15 is 0 Å². The zero-order valence-electron chi connectivity index (χ0n) is 54.0. The zero-order chi connectivity index (χ0) is 70.8. The van der Waals surface area contributed by atoms with Crippen LogP contribution >= 0.6 is 58.0 Å². The summed E-state index contributed by atoms with van der Waals surface area (Å²) in [5, 5.41) is 2.98. The third-order valence-corrected chi connectivity index (χ3v) is 14.1. The molecule has 10 aromatic carbocycles. The van der Waals surface area contributed by atoms with E-state index in [1.54, 1.807) is 63.8 Å². The first-order valence-corrected chi connectivity index (χ1v) is 31.4. The maximum absolute atomic E-state index is 12.7. The molecule has 0 aliphatic rings. The van der Waals surface area contributed by atoms with Gasteiger partial charge in [0.25, 0.3) is 0 Å². The summed E-state index contributed by atoms with van der Waals surface area (Å²) in [4.78, 5) is 0. The number of benzene rings is 10. The molecule has 0 radical (unpaired) electrons. The first-order valence-electron chi connectivity index (χ1n) is 29.5. The molecule has 21 heteroatoms. The van der Waals surface area contributed by atoms with Gasteiger partial charge in [-0.15, -0.1) is 0 Å². The Labute approximate surface area is 584 Å². The standard InChI is InChI=1S/C8H10ClNO.2C8H11NO.C8H11N.2C7H7ClFN.2C7H8ClN.C7H8FN.C7H9N/c1-11-8-3-2-7(9)4-6(8)5-10;1-10-8-4-2-7(6-9)3-5-8;1-10-8-5-3-2-4-7(8)6-9;1-7-2-4-8(6-9)5-3-7;8-7-3-6(9)2-1-5(7)4-10;8-6-2-1-5(4-10)7(9)3-6;8-7-3-1-6(5-9)2-4-7;8-7-4-2-1-3-6(7)5-9;8-7-3-1-6(5-9)2-4-7;8-6-7-4-2-1-3-5-7/h2-4H,5,10H2,1H3;2*2-5H,6,9H2,1H3;2-5H,6,9H2,1H3;2*1-3H,4,10H2;3*1-4H,5,9H2;1-5H,6,8H2. The SMILES string of the molecule is COc1ccc(CN)cc1.COc1ccc(Cl)cc1CN.COc1ccccc1CN.Cc1ccc(CN)cc1.NCc1ccc(Cl)cc1.NCc1ccc(Cl)cc1F.NCc1ccc(F)cc1.NCc1ccc(F)cc1Cl.NCc1ccccc1.NCc1ccccc1Cl. The van der Waals surface area contributed by atoms with E-state index in [0.717, 1.165) is 66.2 Å². The minimum atomic E-state index is -0.338. The molecule has 0 fully saturated rings. The number of ether oxygens (including phenoxy) is 3. The van der Waals surface area contributed by atoms with E-state index in [0.29, 0.717) is 79.5 Å². The molecule has 0 aromatic heterocycles. The van der Waals surface area contributed by atoms with Crippen LogP contribution in [-0.4, -0.2) is 21.3 Å². The molecule has 0 unspecified atom stereocenters. The van der Waals surface area contributed by atoms with Gasteiger partial charge in [-0.05, 0) is 137 Å². The summed E-state index contributed by atoms with van der Waals surface area (Å²) < 4.78 is 52.3. The van der Waals surface area contributed by atoms with Gasteiger partial charge >= 0.3 is 0 Å². The highest BCUT2D eigenvalue weighted by Crippen LogP contribution is 2.22. The monoisotopic (exact) mass is 1400 g/mol. The molecule has 13 nitrogen and oxygen atoms in total. The van der Waals surface area contributed by atoms with Crippen LogP contribution in [-0.2, 0) is 65.4 Å². The summed E-state index contributed by atoms with van der Waals surface area (Å²) >= 11 is 28.2. The van der Waals surface area contributed by atoms with Gasteiger partial charge in [0, 0.05) is 107 Å². The van der Waals surface area contributed by atoms with Crippen molar-refractivity contribution in [3.05, 3.63) is 334 Å². The van der Waals surface area contributed by atoms with Gasteiger partial charge in [0.05, 0.1) is 21.3 Å². The fraction of sp³-hybridized carbons (Fsp3) is 0.189. The van der Waals surface area contributed by atoms with E-state index < -0.39 is 0 Å². The van der Waals surface area contributed by atoms with Gasteiger partial charge in [-0.1, -0.05) is 203 Å². The second-order valence-corrected chi connectivity index (χ2v) is 21.6.